The van der Waals surface area contributed by atoms with Crippen molar-refractivity contribution >= 4 is 75.3 Å². The first kappa shape index (κ1) is 28.9. The molecular formula is C21H24N9O7S3+. The topological polar surface area (TPSA) is 253 Å². The lowest BCUT2D eigenvalue weighted by molar-refractivity contribution is -0.682. The van der Waals surface area contributed by atoms with Gasteiger partial charge in [0.1, 0.15) is 23.3 Å². The van der Waals surface area contributed by atoms with Crippen molar-refractivity contribution in [2.45, 2.75) is 36.0 Å². The normalized spacial score (nSPS) is 19.1. The van der Waals surface area contributed by atoms with Gasteiger partial charge in [0.2, 0.25) is 11.4 Å². The van der Waals surface area contributed by atoms with Crippen LogP contribution in [0.2, 0.25) is 0 Å². The van der Waals surface area contributed by atoms with E-state index in [4.69, 9.17) is 22.1 Å². The number of carbonyl (C=O) groups is 4. The van der Waals surface area contributed by atoms with Gasteiger partial charge in [-0.25, -0.2) is 14.6 Å². The van der Waals surface area contributed by atoms with Gasteiger partial charge in [-0.3, -0.25) is 20.3 Å². The SMILES string of the molecule is CC(C)(O/N=C(\C(=O)NC1C(=O)N2C(C(=O)O)=C(CSc3nc(N)cc[n+]3N)CSC12)c1cnc(N)s1)C(=O)O. The monoisotopic (exact) mass is 610 g/mol. The van der Waals surface area contributed by atoms with Gasteiger partial charge in [0.15, 0.2) is 10.8 Å². The summed E-state index contributed by atoms with van der Waals surface area (Å²) in [5, 5.41) is 25.3. The number of thioether (sulfide) groups is 2. The fourth-order valence-corrected chi connectivity index (χ4v) is 6.54. The summed E-state index contributed by atoms with van der Waals surface area (Å²) in [5.74, 6) is 2.41. The Morgan fingerprint density at radius 2 is 2.08 bits per heavy atom. The van der Waals surface area contributed by atoms with Gasteiger partial charge < -0.3 is 31.8 Å². The van der Waals surface area contributed by atoms with E-state index >= 15 is 0 Å². The Morgan fingerprint density at radius 1 is 1.35 bits per heavy atom. The fraction of sp³-hybridized carbons (Fsp3) is 0.333. The maximum atomic E-state index is 13.2. The number of oxime groups is 1. The minimum Gasteiger partial charge on any atom is -0.478 e. The molecule has 1 fully saturated rings. The summed E-state index contributed by atoms with van der Waals surface area (Å²) >= 11 is 3.33. The fourth-order valence-electron chi connectivity index (χ4n) is 3.48. The number of carboxylic acid groups (broad SMARTS) is 2. The highest BCUT2D eigenvalue weighted by molar-refractivity contribution is 8.01. The molecule has 16 nitrogen and oxygen atoms in total. The van der Waals surface area contributed by atoms with Gasteiger partial charge in [-0.1, -0.05) is 16.5 Å². The predicted molar refractivity (Wildman–Crippen MR) is 145 cm³/mol. The number of carbonyl (C=O) groups excluding carboxylic acids is 2. The second kappa shape index (κ2) is 11.2. The molecule has 0 bridgehead atoms. The Morgan fingerprint density at radius 3 is 2.70 bits per heavy atom. The Kier molecular flexibility index (Phi) is 8.08. The van der Waals surface area contributed by atoms with Gasteiger partial charge in [0.05, 0.1) is 4.88 Å². The number of aromatic nitrogens is 3. The molecule has 2 aliphatic rings. The lowest BCUT2D eigenvalue weighted by atomic mass is 10.0. The molecule has 2 atom stereocenters. The van der Waals surface area contributed by atoms with Crippen LogP contribution in [0.25, 0.3) is 0 Å². The van der Waals surface area contributed by atoms with Gasteiger partial charge in [0.25, 0.3) is 11.8 Å². The van der Waals surface area contributed by atoms with Crippen molar-refractivity contribution in [2.75, 3.05) is 28.8 Å². The van der Waals surface area contributed by atoms with E-state index in [-0.39, 0.29) is 38.7 Å². The Labute approximate surface area is 238 Å². The van der Waals surface area contributed by atoms with Crippen molar-refractivity contribution in [1.29, 1.82) is 0 Å². The second-order valence-electron chi connectivity index (χ2n) is 8.86. The van der Waals surface area contributed by atoms with Crippen molar-refractivity contribution in [2.24, 2.45) is 5.16 Å². The zero-order valence-corrected chi connectivity index (χ0v) is 23.4. The van der Waals surface area contributed by atoms with Crippen LogP contribution < -0.4 is 27.3 Å². The summed E-state index contributed by atoms with van der Waals surface area (Å²) in [6.07, 6.45) is 2.77. The number of thiazole rings is 1. The van der Waals surface area contributed by atoms with E-state index in [1.54, 1.807) is 0 Å². The summed E-state index contributed by atoms with van der Waals surface area (Å²) < 4.78 is 1.25. The van der Waals surface area contributed by atoms with Crippen LogP contribution in [0.5, 0.6) is 0 Å². The number of fused-ring (bicyclic) bond motifs is 1. The zero-order chi connectivity index (χ0) is 29.4. The van der Waals surface area contributed by atoms with Crippen molar-refractivity contribution in [1.82, 2.24) is 20.2 Å². The van der Waals surface area contributed by atoms with E-state index in [0.29, 0.717) is 10.7 Å². The molecule has 1 saturated heterocycles. The number of nitrogen functional groups attached to an aromatic ring is 3. The van der Waals surface area contributed by atoms with Crippen LogP contribution in [0.1, 0.15) is 18.7 Å². The molecule has 2 aliphatic heterocycles. The van der Waals surface area contributed by atoms with Crippen molar-refractivity contribution in [3.8, 4) is 0 Å². The quantitative estimate of drug-likeness (QED) is 0.0352. The van der Waals surface area contributed by atoms with Crippen LogP contribution in [0.4, 0.5) is 10.9 Å². The predicted octanol–water partition coefficient (Wildman–Crippen LogP) is -1.18. The van der Waals surface area contributed by atoms with E-state index in [1.807, 2.05) is 0 Å². The summed E-state index contributed by atoms with van der Waals surface area (Å²) in [6, 6.07) is 0.435. The Hall–Kier alpha value is -4.10. The molecular weight excluding hydrogens is 586 g/mol. The highest BCUT2D eigenvalue weighted by Gasteiger charge is 2.54. The van der Waals surface area contributed by atoms with Crippen LogP contribution in [-0.2, 0) is 24.0 Å². The van der Waals surface area contributed by atoms with E-state index < -0.39 is 40.8 Å². The van der Waals surface area contributed by atoms with E-state index in [9.17, 15) is 29.4 Å². The van der Waals surface area contributed by atoms with Gasteiger partial charge >= 0.3 is 17.1 Å². The largest absolute Gasteiger partial charge is 0.478 e. The lowest BCUT2D eigenvalue weighted by Crippen LogP contribution is -2.71. The zero-order valence-electron chi connectivity index (χ0n) is 20.9. The smallest absolute Gasteiger partial charge is 0.384 e. The molecule has 2 amide bonds. The molecule has 0 aromatic carbocycles. The number of carboxylic acids is 2. The summed E-state index contributed by atoms with van der Waals surface area (Å²) in [7, 11) is 0. The maximum Gasteiger partial charge on any atom is 0.384 e. The van der Waals surface area contributed by atoms with E-state index in [2.05, 4.69) is 20.4 Å². The van der Waals surface area contributed by atoms with Crippen LogP contribution >= 0.6 is 34.9 Å². The maximum absolute atomic E-state index is 13.2. The first-order chi connectivity index (χ1) is 18.8. The molecule has 0 radical (unpaired) electrons. The highest BCUT2D eigenvalue weighted by Crippen LogP contribution is 2.41. The number of hydrogen-bond donors (Lipinski definition) is 6. The number of amides is 2. The van der Waals surface area contributed by atoms with Crippen LogP contribution in [0, 0.1) is 0 Å². The van der Waals surface area contributed by atoms with Gasteiger partial charge in [-0.15, -0.1) is 16.4 Å². The average molecular weight is 611 g/mol. The molecule has 0 aliphatic carbocycles. The summed E-state index contributed by atoms with van der Waals surface area (Å²) in [4.78, 5) is 64.2. The highest BCUT2D eigenvalue weighted by atomic mass is 32.2. The van der Waals surface area contributed by atoms with E-state index in [0.717, 1.165) is 28.0 Å². The number of hydrogen-bond acceptors (Lipinski definition) is 14. The summed E-state index contributed by atoms with van der Waals surface area (Å²) in [5.41, 5.74) is 9.55. The number of anilines is 2. The van der Waals surface area contributed by atoms with Gasteiger partial charge in [-0.05, 0) is 36.2 Å². The van der Waals surface area contributed by atoms with Crippen LogP contribution in [-0.4, -0.2) is 83.1 Å². The van der Waals surface area contributed by atoms with Gasteiger partial charge in [0, 0.05) is 23.8 Å². The molecule has 2 aromatic heterocycles. The second-order valence-corrected chi connectivity index (χ2v) is 12.0. The first-order valence-electron chi connectivity index (χ1n) is 11.3. The van der Waals surface area contributed by atoms with Gasteiger partial charge in [-0.2, -0.15) is 0 Å². The lowest BCUT2D eigenvalue weighted by Gasteiger charge is -2.49. The van der Waals surface area contributed by atoms with Crippen LogP contribution in [0.15, 0.2) is 40.0 Å². The minimum atomic E-state index is -1.76. The molecule has 212 valence electrons. The Balaban J connectivity index is 1.53. The number of aliphatic carboxylic acids is 2. The number of nitrogens with two attached hydrogens (primary N) is 3. The number of rotatable bonds is 10. The van der Waals surface area contributed by atoms with Crippen molar-refractivity contribution in [3.05, 3.63) is 34.6 Å². The molecule has 19 heteroatoms. The molecule has 4 rings (SSSR count). The average Bonchev–Trinajstić information content (AvgIpc) is 3.32. The molecule has 0 spiro atoms. The molecule has 4 heterocycles. The molecule has 9 N–H and O–H groups in total. The third-order valence-electron chi connectivity index (χ3n) is 5.62. The molecule has 0 saturated carbocycles. The molecule has 2 aromatic rings. The van der Waals surface area contributed by atoms with Crippen LogP contribution in [0.3, 0.4) is 0 Å². The standard InChI is InChI=1S/C21H23N9O7S3/c1-21(2,18(35)36)37-28-11(9-5-25-19(23)40-9)14(31)27-12-15(32)30-13(17(33)34)8(6-38-16(12)30)7-39-20-26-10(22)3-4-29(20)24/h3-5,12,16,22H,6-7,24H2,1-2H3,(H5,23,25,27,28,31,33,34,35,36)/p+1. The third kappa shape index (κ3) is 5.75. The van der Waals surface area contributed by atoms with Crippen molar-refractivity contribution < 1.29 is 38.9 Å². The third-order valence-corrected chi connectivity index (χ3v) is 8.84. The first-order valence-corrected chi connectivity index (χ1v) is 14.1. The van der Waals surface area contributed by atoms with Crippen molar-refractivity contribution in [3.63, 3.8) is 0 Å². The molecule has 2 unspecified atom stereocenters. The Bertz CT molecular complexity index is 1460. The summed E-state index contributed by atoms with van der Waals surface area (Å²) in [6.45, 7) is 2.49. The number of nitrogens with zero attached hydrogens (tertiary/aromatic N) is 5. The number of β-lactam (4-membered cyclic amide) rings is 1. The minimum absolute atomic E-state index is 0.122. The number of nitrogens with one attached hydrogen (secondary N) is 1. The van der Waals surface area contributed by atoms with E-state index in [1.165, 1.54) is 48.7 Å². The molecule has 40 heavy (non-hydrogen) atoms.